The molecule has 1 unspecified atom stereocenters. The summed E-state index contributed by atoms with van der Waals surface area (Å²) in [6.45, 7) is 6.46. The lowest BCUT2D eigenvalue weighted by Gasteiger charge is -2.06. The maximum Gasteiger partial charge on any atom is 0.223 e. The van der Waals surface area contributed by atoms with Crippen molar-refractivity contribution in [2.24, 2.45) is 5.92 Å². The number of hydrogen-bond donors (Lipinski definition) is 1. The summed E-state index contributed by atoms with van der Waals surface area (Å²) in [5.74, 6) is 0.335. The van der Waals surface area contributed by atoms with Gasteiger partial charge in [0.05, 0.1) is 0 Å². The first kappa shape index (κ1) is 10.8. The first-order chi connectivity index (χ1) is 6.77. The first-order valence-electron chi connectivity index (χ1n) is 5.00. The predicted molar refractivity (Wildman–Crippen MR) is 58.8 cm³/mol. The molecule has 76 valence electrons. The van der Waals surface area contributed by atoms with Gasteiger partial charge >= 0.3 is 0 Å². The molecular formula is C12H17NO. The predicted octanol–water partition coefficient (Wildman–Crippen LogP) is 2.20. The average molecular weight is 191 g/mol. The van der Waals surface area contributed by atoms with Crippen LogP contribution in [0.1, 0.15) is 19.8 Å². The van der Waals surface area contributed by atoms with Crippen LogP contribution in [0.25, 0.3) is 0 Å². The summed E-state index contributed by atoms with van der Waals surface area (Å²) in [5, 5.41) is 2.84. The number of allylic oxidation sites excluding steroid dienone is 5. The highest BCUT2D eigenvalue weighted by Gasteiger charge is 2.23. The van der Waals surface area contributed by atoms with Crippen molar-refractivity contribution in [2.45, 2.75) is 19.8 Å². The van der Waals surface area contributed by atoms with Crippen molar-refractivity contribution in [3.8, 4) is 0 Å². The summed E-state index contributed by atoms with van der Waals surface area (Å²) in [5.41, 5.74) is 1.17. The SMILES string of the molecule is C=C/C=C(\C=C/C)CC1CCNC1=O. The molecular weight excluding hydrogens is 174 g/mol. The third-order valence-corrected chi connectivity index (χ3v) is 2.36. The minimum absolute atomic E-state index is 0.150. The van der Waals surface area contributed by atoms with E-state index in [1.165, 1.54) is 5.57 Å². The molecule has 0 radical (unpaired) electrons. The molecule has 0 aliphatic carbocycles. The molecule has 0 bridgehead atoms. The Balaban J connectivity index is 2.59. The van der Waals surface area contributed by atoms with Crippen molar-refractivity contribution >= 4 is 5.91 Å². The van der Waals surface area contributed by atoms with Crippen LogP contribution in [-0.2, 0) is 4.79 Å². The third kappa shape index (κ3) is 2.87. The monoisotopic (exact) mass is 191 g/mol. The Morgan fingerprint density at radius 3 is 3.00 bits per heavy atom. The average Bonchev–Trinajstić information content (AvgIpc) is 2.53. The highest BCUT2D eigenvalue weighted by atomic mass is 16.2. The van der Waals surface area contributed by atoms with Gasteiger partial charge < -0.3 is 5.32 Å². The zero-order valence-corrected chi connectivity index (χ0v) is 8.62. The second-order valence-electron chi connectivity index (χ2n) is 3.46. The Kier molecular flexibility index (Phi) is 4.17. The molecule has 1 amide bonds. The molecule has 0 aromatic heterocycles. The summed E-state index contributed by atoms with van der Waals surface area (Å²) < 4.78 is 0. The molecule has 1 aliphatic heterocycles. The molecule has 14 heavy (non-hydrogen) atoms. The van der Waals surface area contributed by atoms with E-state index >= 15 is 0 Å². The van der Waals surface area contributed by atoms with Crippen LogP contribution in [0.5, 0.6) is 0 Å². The number of amides is 1. The second kappa shape index (κ2) is 5.43. The molecule has 1 aliphatic rings. The number of carbonyl (C=O) groups is 1. The largest absolute Gasteiger partial charge is 0.356 e. The maximum atomic E-state index is 11.3. The zero-order chi connectivity index (χ0) is 10.4. The van der Waals surface area contributed by atoms with Gasteiger partial charge in [0.1, 0.15) is 0 Å². The van der Waals surface area contributed by atoms with E-state index in [9.17, 15) is 4.79 Å². The molecule has 1 saturated heterocycles. The fourth-order valence-electron chi connectivity index (χ4n) is 1.68. The molecule has 1 fully saturated rings. The van der Waals surface area contributed by atoms with Crippen LogP contribution in [0.4, 0.5) is 0 Å². The number of hydrogen-bond acceptors (Lipinski definition) is 1. The Hall–Kier alpha value is -1.31. The normalized spacial score (nSPS) is 22.8. The van der Waals surface area contributed by atoms with Crippen molar-refractivity contribution < 1.29 is 4.79 Å². The smallest absolute Gasteiger partial charge is 0.223 e. The van der Waals surface area contributed by atoms with Crippen molar-refractivity contribution in [3.05, 3.63) is 36.5 Å². The lowest BCUT2D eigenvalue weighted by Crippen LogP contribution is -2.19. The molecule has 1 heterocycles. The lowest BCUT2D eigenvalue weighted by molar-refractivity contribution is -0.122. The number of nitrogens with one attached hydrogen (secondary N) is 1. The Morgan fingerprint density at radius 2 is 2.50 bits per heavy atom. The molecule has 1 atom stereocenters. The summed E-state index contributed by atoms with van der Waals surface area (Å²) in [4.78, 5) is 11.3. The molecule has 0 aromatic carbocycles. The van der Waals surface area contributed by atoms with E-state index in [1.54, 1.807) is 6.08 Å². The standard InChI is InChI=1S/C12H17NO/c1-3-5-10(6-4-2)9-11-7-8-13-12(11)14/h3-6,11H,1,7-9H2,2H3,(H,13,14)/b6-4-,10-5+. The Bertz CT molecular complexity index is 276. The van der Waals surface area contributed by atoms with Crippen LogP contribution >= 0.6 is 0 Å². The summed E-state index contributed by atoms with van der Waals surface area (Å²) in [7, 11) is 0. The van der Waals surface area contributed by atoms with Crippen molar-refractivity contribution in [1.82, 2.24) is 5.32 Å². The fourth-order valence-corrected chi connectivity index (χ4v) is 1.68. The van der Waals surface area contributed by atoms with Gasteiger partial charge in [-0.05, 0) is 25.3 Å². The van der Waals surface area contributed by atoms with Gasteiger partial charge in [-0.25, -0.2) is 0 Å². The van der Waals surface area contributed by atoms with Gasteiger partial charge in [-0.3, -0.25) is 4.79 Å². The maximum absolute atomic E-state index is 11.3. The van der Waals surface area contributed by atoms with E-state index in [4.69, 9.17) is 0 Å². The van der Waals surface area contributed by atoms with Crippen molar-refractivity contribution in [1.29, 1.82) is 0 Å². The second-order valence-corrected chi connectivity index (χ2v) is 3.46. The third-order valence-electron chi connectivity index (χ3n) is 2.36. The number of carbonyl (C=O) groups excluding carboxylic acids is 1. The molecule has 0 aromatic rings. The van der Waals surface area contributed by atoms with Gasteiger partial charge in [-0.15, -0.1) is 0 Å². The first-order valence-corrected chi connectivity index (χ1v) is 5.00. The van der Waals surface area contributed by atoms with E-state index in [0.717, 1.165) is 19.4 Å². The fraction of sp³-hybridized carbons (Fsp3) is 0.417. The Labute approximate surface area is 85.4 Å². The van der Waals surface area contributed by atoms with Gasteiger partial charge in [0.25, 0.3) is 0 Å². The van der Waals surface area contributed by atoms with E-state index in [-0.39, 0.29) is 11.8 Å². The van der Waals surface area contributed by atoms with E-state index in [2.05, 4.69) is 11.9 Å². The lowest BCUT2D eigenvalue weighted by atomic mass is 9.97. The molecule has 1 rings (SSSR count). The van der Waals surface area contributed by atoms with E-state index in [1.807, 2.05) is 25.2 Å². The minimum Gasteiger partial charge on any atom is -0.356 e. The van der Waals surface area contributed by atoms with Gasteiger partial charge in [-0.1, -0.05) is 30.9 Å². The van der Waals surface area contributed by atoms with Crippen LogP contribution in [0.15, 0.2) is 36.5 Å². The van der Waals surface area contributed by atoms with Crippen molar-refractivity contribution in [2.75, 3.05) is 6.54 Å². The van der Waals surface area contributed by atoms with Crippen LogP contribution in [0.3, 0.4) is 0 Å². The highest BCUT2D eigenvalue weighted by molar-refractivity contribution is 5.80. The van der Waals surface area contributed by atoms with E-state index < -0.39 is 0 Å². The minimum atomic E-state index is 0.150. The topological polar surface area (TPSA) is 29.1 Å². The molecule has 0 saturated carbocycles. The van der Waals surface area contributed by atoms with Crippen LogP contribution in [0, 0.1) is 5.92 Å². The summed E-state index contributed by atoms with van der Waals surface area (Å²) in [6.07, 6.45) is 9.52. The van der Waals surface area contributed by atoms with Crippen LogP contribution < -0.4 is 5.32 Å². The van der Waals surface area contributed by atoms with Gasteiger partial charge in [0.15, 0.2) is 0 Å². The number of rotatable bonds is 4. The molecule has 2 heteroatoms. The molecule has 2 nitrogen and oxygen atoms in total. The quantitative estimate of drug-likeness (QED) is 0.678. The van der Waals surface area contributed by atoms with Crippen molar-refractivity contribution in [3.63, 3.8) is 0 Å². The molecule has 1 N–H and O–H groups in total. The Morgan fingerprint density at radius 1 is 1.71 bits per heavy atom. The van der Waals surface area contributed by atoms with Crippen LogP contribution in [0.2, 0.25) is 0 Å². The van der Waals surface area contributed by atoms with Gasteiger partial charge in [0, 0.05) is 12.5 Å². The van der Waals surface area contributed by atoms with Crippen LogP contribution in [-0.4, -0.2) is 12.5 Å². The van der Waals surface area contributed by atoms with Gasteiger partial charge in [0.2, 0.25) is 5.91 Å². The molecule has 0 spiro atoms. The van der Waals surface area contributed by atoms with E-state index in [0.29, 0.717) is 0 Å². The zero-order valence-electron chi connectivity index (χ0n) is 8.62. The summed E-state index contributed by atoms with van der Waals surface area (Å²) in [6, 6.07) is 0. The summed E-state index contributed by atoms with van der Waals surface area (Å²) >= 11 is 0. The van der Waals surface area contributed by atoms with Gasteiger partial charge in [-0.2, -0.15) is 0 Å². The highest BCUT2D eigenvalue weighted by Crippen LogP contribution is 2.20.